The van der Waals surface area contributed by atoms with E-state index in [1.54, 1.807) is 16.8 Å². The number of aromatic nitrogens is 3. The number of rotatable bonds is 8. The van der Waals surface area contributed by atoms with Gasteiger partial charge in [0.1, 0.15) is 11.6 Å². The number of halogens is 1. The Labute approximate surface area is 152 Å². The number of carbonyl (C=O) groups is 1. The predicted octanol–water partition coefficient (Wildman–Crippen LogP) is 4.10. The van der Waals surface area contributed by atoms with Crippen LogP contribution in [0.1, 0.15) is 36.6 Å². The second-order valence-corrected chi connectivity index (χ2v) is 6.45. The highest BCUT2D eigenvalue weighted by Crippen LogP contribution is 2.12. The van der Waals surface area contributed by atoms with Crippen LogP contribution in [0.4, 0.5) is 4.39 Å². The Morgan fingerprint density at radius 3 is 2.58 bits per heavy atom. The maximum Gasteiger partial charge on any atom is 0.141 e. The van der Waals surface area contributed by atoms with Crippen molar-refractivity contribution in [1.29, 1.82) is 0 Å². The summed E-state index contributed by atoms with van der Waals surface area (Å²) < 4.78 is 14.9. The first-order valence-corrected chi connectivity index (χ1v) is 8.90. The van der Waals surface area contributed by atoms with Gasteiger partial charge in [0.05, 0.1) is 17.6 Å². The van der Waals surface area contributed by atoms with E-state index in [0.717, 1.165) is 36.2 Å². The Bertz CT molecular complexity index is 871. The van der Waals surface area contributed by atoms with Crippen LogP contribution in [0, 0.1) is 5.82 Å². The van der Waals surface area contributed by atoms with E-state index in [0.29, 0.717) is 12.0 Å². The molecule has 0 aliphatic heterocycles. The smallest absolute Gasteiger partial charge is 0.141 e. The fraction of sp³-hybridized carbons (Fsp3) is 0.286. The SMILES string of the molecule is CCCCc1cn(-c2ccc(CC(=O)Cc3cccc(F)c3)cc2)nn1. The molecular formula is C21H22FN3O. The zero-order chi connectivity index (χ0) is 18.4. The standard InChI is InChI=1S/C21H22FN3O/c1-2-3-7-19-15-25(24-23-19)20-10-8-16(9-11-20)13-21(26)14-17-5-4-6-18(22)12-17/h4-6,8-12,15H,2-3,7,13-14H2,1H3. The second kappa shape index (κ2) is 8.52. The van der Waals surface area contributed by atoms with E-state index in [1.165, 1.54) is 12.1 Å². The first-order valence-electron chi connectivity index (χ1n) is 8.90. The molecule has 1 heterocycles. The molecule has 0 spiro atoms. The monoisotopic (exact) mass is 351 g/mol. The van der Waals surface area contributed by atoms with Crippen LogP contribution in [0.3, 0.4) is 0 Å². The van der Waals surface area contributed by atoms with Crippen molar-refractivity contribution in [3.63, 3.8) is 0 Å². The lowest BCUT2D eigenvalue weighted by atomic mass is 10.0. The van der Waals surface area contributed by atoms with E-state index in [4.69, 9.17) is 0 Å². The number of ketones is 1. The van der Waals surface area contributed by atoms with Gasteiger partial charge in [-0.25, -0.2) is 9.07 Å². The lowest BCUT2D eigenvalue weighted by molar-refractivity contribution is -0.117. The number of carbonyl (C=O) groups excluding carboxylic acids is 1. The van der Waals surface area contributed by atoms with E-state index >= 15 is 0 Å². The minimum Gasteiger partial charge on any atom is -0.299 e. The van der Waals surface area contributed by atoms with Gasteiger partial charge in [0.15, 0.2) is 0 Å². The molecule has 3 aromatic rings. The fourth-order valence-corrected chi connectivity index (χ4v) is 2.83. The van der Waals surface area contributed by atoms with Crippen LogP contribution in [0.2, 0.25) is 0 Å². The Morgan fingerprint density at radius 1 is 1.08 bits per heavy atom. The van der Waals surface area contributed by atoms with Crippen molar-refractivity contribution >= 4 is 5.78 Å². The number of nitrogens with zero attached hydrogens (tertiary/aromatic N) is 3. The van der Waals surface area contributed by atoms with Crippen molar-refractivity contribution in [3.05, 3.63) is 77.4 Å². The summed E-state index contributed by atoms with van der Waals surface area (Å²) >= 11 is 0. The Balaban J connectivity index is 1.60. The van der Waals surface area contributed by atoms with Crippen molar-refractivity contribution in [3.8, 4) is 5.69 Å². The predicted molar refractivity (Wildman–Crippen MR) is 98.8 cm³/mol. The van der Waals surface area contributed by atoms with Crippen molar-refractivity contribution in [2.75, 3.05) is 0 Å². The highest BCUT2D eigenvalue weighted by atomic mass is 19.1. The summed E-state index contributed by atoms with van der Waals surface area (Å²) in [5.74, 6) is -0.253. The summed E-state index contributed by atoms with van der Waals surface area (Å²) in [5, 5.41) is 8.34. The van der Waals surface area contributed by atoms with Gasteiger partial charge in [0.2, 0.25) is 0 Å². The van der Waals surface area contributed by atoms with Gasteiger partial charge in [-0.2, -0.15) is 0 Å². The molecule has 0 fully saturated rings. The summed E-state index contributed by atoms with van der Waals surface area (Å²) in [6, 6.07) is 13.9. The molecule has 0 saturated heterocycles. The molecule has 4 nitrogen and oxygen atoms in total. The van der Waals surface area contributed by atoms with Gasteiger partial charge in [-0.1, -0.05) is 42.8 Å². The number of unbranched alkanes of at least 4 members (excludes halogenated alkanes) is 1. The minimum absolute atomic E-state index is 0.0611. The van der Waals surface area contributed by atoms with Crippen molar-refractivity contribution in [1.82, 2.24) is 15.0 Å². The average Bonchev–Trinajstić information content (AvgIpc) is 3.09. The molecule has 134 valence electrons. The van der Waals surface area contributed by atoms with Gasteiger partial charge in [-0.05, 0) is 48.2 Å². The zero-order valence-corrected chi connectivity index (χ0v) is 14.9. The number of benzene rings is 2. The van der Waals surface area contributed by atoms with Gasteiger partial charge in [-0.15, -0.1) is 5.10 Å². The van der Waals surface area contributed by atoms with E-state index in [9.17, 15) is 9.18 Å². The van der Waals surface area contributed by atoms with Gasteiger partial charge in [0.25, 0.3) is 0 Å². The number of Topliss-reactive ketones (excluding diaryl/α,β-unsaturated/α-hetero) is 1. The molecule has 0 bridgehead atoms. The largest absolute Gasteiger partial charge is 0.299 e. The molecule has 0 saturated carbocycles. The summed E-state index contributed by atoms with van der Waals surface area (Å²) in [4.78, 5) is 12.2. The molecule has 0 atom stereocenters. The summed E-state index contributed by atoms with van der Waals surface area (Å²) in [5.41, 5.74) is 3.54. The molecule has 2 aromatic carbocycles. The number of hydrogen-bond acceptors (Lipinski definition) is 3. The van der Waals surface area contributed by atoms with Crippen LogP contribution < -0.4 is 0 Å². The topological polar surface area (TPSA) is 47.8 Å². The molecule has 0 aliphatic rings. The van der Waals surface area contributed by atoms with E-state index in [1.807, 2.05) is 30.5 Å². The maximum atomic E-state index is 13.2. The van der Waals surface area contributed by atoms with E-state index < -0.39 is 0 Å². The average molecular weight is 351 g/mol. The Morgan fingerprint density at radius 2 is 1.85 bits per heavy atom. The second-order valence-electron chi connectivity index (χ2n) is 6.45. The van der Waals surface area contributed by atoms with Crippen LogP contribution >= 0.6 is 0 Å². The summed E-state index contributed by atoms with van der Waals surface area (Å²) in [7, 11) is 0. The van der Waals surface area contributed by atoms with Gasteiger partial charge >= 0.3 is 0 Å². The molecule has 26 heavy (non-hydrogen) atoms. The summed E-state index contributed by atoms with van der Waals surface area (Å²) in [6.07, 6.45) is 5.68. The molecule has 0 radical (unpaired) electrons. The summed E-state index contributed by atoms with van der Waals surface area (Å²) in [6.45, 7) is 2.15. The molecule has 5 heteroatoms. The van der Waals surface area contributed by atoms with Crippen molar-refractivity contribution in [2.45, 2.75) is 39.0 Å². The molecule has 0 N–H and O–H groups in total. The Kier molecular flexibility index (Phi) is 5.89. The Hall–Kier alpha value is -2.82. The molecule has 0 unspecified atom stereocenters. The third-order valence-corrected chi connectivity index (χ3v) is 4.22. The van der Waals surface area contributed by atoms with Crippen LogP contribution in [0.5, 0.6) is 0 Å². The number of aryl methyl sites for hydroxylation is 1. The third-order valence-electron chi connectivity index (χ3n) is 4.22. The molecular weight excluding hydrogens is 329 g/mol. The van der Waals surface area contributed by atoms with Crippen molar-refractivity contribution in [2.24, 2.45) is 0 Å². The lowest BCUT2D eigenvalue weighted by Crippen LogP contribution is -2.07. The van der Waals surface area contributed by atoms with Crippen LogP contribution in [-0.2, 0) is 24.1 Å². The number of hydrogen-bond donors (Lipinski definition) is 0. The van der Waals surface area contributed by atoms with Crippen LogP contribution in [-0.4, -0.2) is 20.8 Å². The quantitative estimate of drug-likeness (QED) is 0.614. The van der Waals surface area contributed by atoms with Crippen molar-refractivity contribution < 1.29 is 9.18 Å². The molecule has 3 rings (SSSR count). The molecule has 1 aromatic heterocycles. The maximum absolute atomic E-state index is 13.2. The lowest BCUT2D eigenvalue weighted by Gasteiger charge is -2.04. The molecule has 0 aliphatic carbocycles. The van der Waals surface area contributed by atoms with Crippen LogP contribution in [0.15, 0.2) is 54.7 Å². The highest BCUT2D eigenvalue weighted by Gasteiger charge is 2.07. The normalized spacial score (nSPS) is 10.8. The third kappa shape index (κ3) is 4.85. The van der Waals surface area contributed by atoms with Gasteiger partial charge in [0, 0.05) is 12.8 Å². The highest BCUT2D eigenvalue weighted by molar-refractivity contribution is 5.83. The van der Waals surface area contributed by atoms with Gasteiger partial charge in [-0.3, -0.25) is 4.79 Å². The fourth-order valence-electron chi connectivity index (χ4n) is 2.83. The van der Waals surface area contributed by atoms with Crippen LogP contribution in [0.25, 0.3) is 5.69 Å². The first-order chi connectivity index (χ1) is 12.6. The van der Waals surface area contributed by atoms with Gasteiger partial charge < -0.3 is 0 Å². The van der Waals surface area contributed by atoms with E-state index in [-0.39, 0.29) is 18.0 Å². The zero-order valence-electron chi connectivity index (χ0n) is 14.9. The first kappa shape index (κ1) is 18.0. The molecule has 0 amide bonds. The van der Waals surface area contributed by atoms with E-state index in [2.05, 4.69) is 17.2 Å². The minimum atomic E-state index is -0.314.